The summed E-state index contributed by atoms with van der Waals surface area (Å²) in [7, 11) is 1.62. The molecule has 5 heteroatoms. The normalized spacial score (nSPS) is 10.9. The molecule has 0 unspecified atom stereocenters. The van der Waals surface area contributed by atoms with Crippen molar-refractivity contribution < 1.29 is 19.0 Å². The van der Waals surface area contributed by atoms with Gasteiger partial charge in [0, 0.05) is 12.6 Å². The quantitative estimate of drug-likeness (QED) is 0.205. The molecule has 0 heterocycles. The Morgan fingerprint density at radius 1 is 0.512 bits per heavy atom. The van der Waals surface area contributed by atoms with Crippen LogP contribution in [0.4, 0.5) is 0 Å². The van der Waals surface area contributed by atoms with Crippen LogP contribution >= 0.6 is 0 Å². The zero-order valence-corrected chi connectivity index (χ0v) is 27.4. The summed E-state index contributed by atoms with van der Waals surface area (Å²) in [4.78, 5) is 12.9. The monoisotopic (exact) mass is 579 g/mol. The van der Waals surface area contributed by atoms with E-state index in [1.165, 1.54) is 50.1 Å². The van der Waals surface area contributed by atoms with Gasteiger partial charge in [0.15, 0.2) is 11.5 Å². The molecule has 226 valence electrons. The fraction of sp³-hybridized carbons (Fsp3) is 0.342. The van der Waals surface area contributed by atoms with Crippen molar-refractivity contribution in [2.24, 2.45) is 0 Å². The van der Waals surface area contributed by atoms with Crippen molar-refractivity contribution >= 4 is 5.91 Å². The van der Waals surface area contributed by atoms with Crippen LogP contribution in [0.2, 0.25) is 0 Å². The number of carbonyl (C=O) groups excluding carboxylic acids is 1. The minimum absolute atomic E-state index is 0.227. The molecule has 4 rings (SSSR count). The van der Waals surface area contributed by atoms with Crippen LogP contribution in [0.5, 0.6) is 17.2 Å². The van der Waals surface area contributed by atoms with E-state index in [-0.39, 0.29) is 5.91 Å². The molecule has 0 saturated heterocycles. The fourth-order valence-electron chi connectivity index (χ4n) is 5.31. The Morgan fingerprint density at radius 3 is 1.12 bits per heavy atom. The Balaban J connectivity index is 1.75. The number of rotatable bonds is 10. The number of amides is 1. The molecule has 0 radical (unpaired) electrons. The predicted octanol–water partition coefficient (Wildman–Crippen LogP) is 8.56. The van der Waals surface area contributed by atoms with Gasteiger partial charge < -0.3 is 19.5 Å². The van der Waals surface area contributed by atoms with E-state index in [2.05, 4.69) is 104 Å². The molecule has 0 fully saturated rings. The maximum atomic E-state index is 12.9. The molecular formula is C38H45NO4. The van der Waals surface area contributed by atoms with E-state index in [1.807, 2.05) is 0 Å². The summed E-state index contributed by atoms with van der Waals surface area (Å²) >= 11 is 0. The van der Waals surface area contributed by atoms with Crippen molar-refractivity contribution in [2.45, 2.75) is 82.1 Å². The summed E-state index contributed by atoms with van der Waals surface area (Å²) in [5.74, 6) is 1.17. The third-order valence-corrected chi connectivity index (χ3v) is 8.64. The SMILES string of the molecule is CNC(=O)c1cc(OCc2cc(C)c(C)c(C)c2)c(OCc2cc(C)c(C)c(C)c2)c(OCc2cc(C)c(C)c(C)c2)c1. The van der Waals surface area contributed by atoms with E-state index < -0.39 is 0 Å². The first-order valence-corrected chi connectivity index (χ1v) is 14.9. The molecule has 0 bridgehead atoms. The molecule has 0 aliphatic carbocycles. The first-order chi connectivity index (χ1) is 20.4. The minimum Gasteiger partial charge on any atom is -0.485 e. The number of benzene rings is 4. The lowest BCUT2D eigenvalue weighted by atomic mass is 10.0. The van der Waals surface area contributed by atoms with Gasteiger partial charge in [-0.1, -0.05) is 36.4 Å². The van der Waals surface area contributed by atoms with Gasteiger partial charge in [-0.05, 0) is 141 Å². The topological polar surface area (TPSA) is 56.8 Å². The van der Waals surface area contributed by atoms with Crippen molar-refractivity contribution in [3.8, 4) is 17.2 Å². The highest BCUT2D eigenvalue weighted by Gasteiger charge is 2.20. The highest BCUT2D eigenvalue weighted by Crippen LogP contribution is 2.41. The van der Waals surface area contributed by atoms with Crippen molar-refractivity contribution in [1.82, 2.24) is 5.32 Å². The molecule has 43 heavy (non-hydrogen) atoms. The van der Waals surface area contributed by atoms with Crippen molar-refractivity contribution in [1.29, 1.82) is 0 Å². The number of ether oxygens (including phenoxy) is 3. The smallest absolute Gasteiger partial charge is 0.251 e. The average Bonchev–Trinajstić information content (AvgIpc) is 2.97. The standard InChI is InChI=1S/C38H45NO4/c1-22-11-31(12-23(2)28(22)7)19-41-35-17-34(38(40)39-10)18-36(42-20-32-13-24(3)29(8)25(4)14-32)37(35)43-21-33-15-26(5)30(9)27(6)16-33/h11-18H,19-21H2,1-10H3,(H,39,40). The maximum absolute atomic E-state index is 12.9. The Morgan fingerprint density at radius 2 is 0.814 bits per heavy atom. The van der Waals surface area contributed by atoms with E-state index in [1.54, 1.807) is 19.2 Å². The summed E-state index contributed by atoms with van der Waals surface area (Å²) in [6.45, 7) is 20.0. The van der Waals surface area contributed by atoms with Gasteiger partial charge in [0.25, 0.3) is 5.91 Å². The molecule has 4 aromatic carbocycles. The molecule has 0 aromatic heterocycles. The molecule has 0 aliphatic heterocycles. The molecule has 0 atom stereocenters. The summed E-state index contributed by atoms with van der Waals surface area (Å²) < 4.78 is 19.4. The molecule has 5 nitrogen and oxygen atoms in total. The third kappa shape index (κ3) is 7.40. The zero-order chi connectivity index (χ0) is 31.4. The molecule has 0 saturated carbocycles. The van der Waals surface area contributed by atoms with Gasteiger partial charge in [-0.15, -0.1) is 0 Å². The van der Waals surface area contributed by atoms with E-state index in [9.17, 15) is 4.79 Å². The van der Waals surface area contributed by atoms with Crippen LogP contribution in [-0.4, -0.2) is 13.0 Å². The predicted molar refractivity (Wildman–Crippen MR) is 175 cm³/mol. The molecule has 4 aromatic rings. The molecule has 0 spiro atoms. The second-order valence-corrected chi connectivity index (χ2v) is 11.8. The molecule has 1 N–H and O–H groups in total. The van der Waals surface area contributed by atoms with Crippen LogP contribution in [0.3, 0.4) is 0 Å². The molecular weight excluding hydrogens is 534 g/mol. The molecule has 1 amide bonds. The van der Waals surface area contributed by atoms with Gasteiger partial charge >= 0.3 is 0 Å². The lowest BCUT2D eigenvalue weighted by Crippen LogP contribution is -2.18. The Labute approximate surface area is 257 Å². The van der Waals surface area contributed by atoms with Crippen molar-refractivity contribution in [3.05, 3.63) is 121 Å². The van der Waals surface area contributed by atoms with Crippen LogP contribution in [0.1, 0.15) is 77.1 Å². The van der Waals surface area contributed by atoms with Gasteiger partial charge in [-0.2, -0.15) is 0 Å². The third-order valence-electron chi connectivity index (χ3n) is 8.64. The van der Waals surface area contributed by atoms with Crippen molar-refractivity contribution in [3.63, 3.8) is 0 Å². The van der Waals surface area contributed by atoms with Crippen LogP contribution in [0, 0.1) is 62.3 Å². The second-order valence-electron chi connectivity index (χ2n) is 11.8. The van der Waals surface area contributed by atoms with Gasteiger partial charge in [0.05, 0.1) is 0 Å². The maximum Gasteiger partial charge on any atom is 0.251 e. The number of hydrogen-bond donors (Lipinski definition) is 1. The Kier molecular flexibility index (Phi) is 9.85. The zero-order valence-electron chi connectivity index (χ0n) is 27.4. The van der Waals surface area contributed by atoms with Crippen LogP contribution in [-0.2, 0) is 19.8 Å². The van der Waals surface area contributed by atoms with Crippen LogP contribution in [0.15, 0.2) is 48.5 Å². The van der Waals surface area contributed by atoms with E-state index in [0.29, 0.717) is 42.6 Å². The summed E-state index contributed by atoms with van der Waals surface area (Å²) in [5.41, 5.74) is 14.7. The van der Waals surface area contributed by atoms with Gasteiger partial charge in [0.2, 0.25) is 5.75 Å². The van der Waals surface area contributed by atoms with Crippen LogP contribution in [0.25, 0.3) is 0 Å². The van der Waals surface area contributed by atoms with Gasteiger partial charge in [-0.25, -0.2) is 0 Å². The Bertz CT molecular complexity index is 1520. The first-order valence-electron chi connectivity index (χ1n) is 14.9. The van der Waals surface area contributed by atoms with E-state index in [0.717, 1.165) is 16.7 Å². The number of hydrogen-bond acceptors (Lipinski definition) is 4. The highest BCUT2D eigenvalue weighted by molar-refractivity contribution is 5.95. The number of nitrogens with one attached hydrogen (secondary N) is 1. The lowest BCUT2D eigenvalue weighted by molar-refractivity contribution is 0.0961. The summed E-state index contributed by atoms with van der Waals surface area (Å²) in [6.07, 6.45) is 0. The van der Waals surface area contributed by atoms with E-state index >= 15 is 0 Å². The minimum atomic E-state index is -0.227. The first kappa shape index (κ1) is 31.7. The lowest BCUT2D eigenvalue weighted by Gasteiger charge is -2.20. The van der Waals surface area contributed by atoms with E-state index in [4.69, 9.17) is 14.2 Å². The fourth-order valence-corrected chi connectivity index (χ4v) is 5.31. The average molecular weight is 580 g/mol. The van der Waals surface area contributed by atoms with Crippen LogP contribution < -0.4 is 19.5 Å². The second kappa shape index (κ2) is 13.4. The molecule has 0 aliphatic rings. The Hall–Kier alpha value is -4.25. The van der Waals surface area contributed by atoms with Crippen molar-refractivity contribution in [2.75, 3.05) is 7.05 Å². The van der Waals surface area contributed by atoms with Gasteiger partial charge in [0.1, 0.15) is 19.8 Å². The highest BCUT2D eigenvalue weighted by atomic mass is 16.5. The summed E-state index contributed by atoms with van der Waals surface area (Å²) in [6, 6.07) is 16.3. The summed E-state index contributed by atoms with van der Waals surface area (Å²) in [5, 5.41) is 2.73. The number of aryl methyl sites for hydroxylation is 6. The number of carbonyl (C=O) groups is 1. The largest absolute Gasteiger partial charge is 0.485 e. The van der Waals surface area contributed by atoms with Gasteiger partial charge in [-0.3, -0.25) is 4.79 Å².